The molecule has 0 aromatic rings. The van der Waals surface area contributed by atoms with Crippen LogP contribution in [0.5, 0.6) is 0 Å². The number of rotatable bonds is 15. The van der Waals surface area contributed by atoms with E-state index in [-0.39, 0.29) is 11.2 Å². The van der Waals surface area contributed by atoms with Gasteiger partial charge in [-0.2, -0.15) is 0 Å². The summed E-state index contributed by atoms with van der Waals surface area (Å²) in [6.45, 7) is 11.9. The molecule has 2 saturated heterocycles. The van der Waals surface area contributed by atoms with E-state index in [4.69, 9.17) is 18.9 Å². The molecule has 0 aromatic heterocycles. The number of epoxide rings is 2. The van der Waals surface area contributed by atoms with E-state index in [0.717, 1.165) is 39.3 Å². The number of ether oxygens (including phenoxy) is 4. The fourth-order valence-corrected chi connectivity index (χ4v) is 3.49. The lowest BCUT2D eigenvalue weighted by atomic mass is 10.0. The molecule has 4 heteroatoms. The summed E-state index contributed by atoms with van der Waals surface area (Å²) >= 11 is 0. The van der Waals surface area contributed by atoms with Gasteiger partial charge in [0.2, 0.25) is 0 Å². The second-order valence-corrected chi connectivity index (χ2v) is 7.58. The molecule has 0 aromatic carbocycles. The highest BCUT2D eigenvalue weighted by Gasteiger charge is 2.52. The summed E-state index contributed by atoms with van der Waals surface area (Å²) in [6, 6.07) is 0. The molecule has 4 unspecified atom stereocenters. The third-order valence-corrected chi connectivity index (χ3v) is 5.91. The molecule has 142 valence electrons. The van der Waals surface area contributed by atoms with Crippen LogP contribution in [0.15, 0.2) is 0 Å². The van der Waals surface area contributed by atoms with Crippen molar-refractivity contribution in [2.45, 2.75) is 102 Å². The highest BCUT2D eigenvalue weighted by Crippen LogP contribution is 2.40. The molecule has 24 heavy (non-hydrogen) atoms. The van der Waals surface area contributed by atoms with Gasteiger partial charge in [-0.3, -0.25) is 0 Å². The topological polar surface area (TPSA) is 43.5 Å². The molecule has 0 aliphatic carbocycles. The molecule has 0 spiro atoms. The molecule has 2 rings (SSSR count). The van der Waals surface area contributed by atoms with Crippen LogP contribution in [0.2, 0.25) is 0 Å². The summed E-state index contributed by atoms with van der Waals surface area (Å²) in [4.78, 5) is 0. The third-order valence-electron chi connectivity index (χ3n) is 5.91. The Balaban J connectivity index is 1.30. The lowest BCUT2D eigenvalue weighted by Gasteiger charge is -2.11. The van der Waals surface area contributed by atoms with E-state index < -0.39 is 0 Å². The zero-order chi connectivity index (χ0) is 17.5. The Kier molecular flexibility index (Phi) is 7.99. The largest absolute Gasteiger partial charge is 0.378 e. The first-order valence-electron chi connectivity index (χ1n) is 10.1. The smallest absolute Gasteiger partial charge is 0.117 e. The van der Waals surface area contributed by atoms with Gasteiger partial charge < -0.3 is 18.9 Å². The Morgan fingerprint density at radius 2 is 1.00 bits per heavy atom. The summed E-state index contributed by atoms with van der Waals surface area (Å²) in [7, 11) is 0. The summed E-state index contributed by atoms with van der Waals surface area (Å²) in [5.74, 6) is 0. The SMILES string of the molecule is CCC1(COCCCCCCCCOCC2(CC)OC2C)OC1C. The molecule has 0 radical (unpaired) electrons. The van der Waals surface area contributed by atoms with Gasteiger partial charge in [-0.05, 0) is 39.5 Å². The Bertz CT molecular complexity index is 320. The summed E-state index contributed by atoms with van der Waals surface area (Å²) in [5, 5.41) is 0. The Hall–Kier alpha value is -0.160. The van der Waals surface area contributed by atoms with E-state index in [9.17, 15) is 0 Å². The van der Waals surface area contributed by atoms with E-state index in [0.29, 0.717) is 12.2 Å². The maximum absolute atomic E-state index is 5.78. The molecule has 4 atom stereocenters. The van der Waals surface area contributed by atoms with Crippen LogP contribution in [0.1, 0.15) is 79.1 Å². The minimum absolute atomic E-state index is 0.0413. The third kappa shape index (κ3) is 5.69. The number of hydrogen-bond acceptors (Lipinski definition) is 4. The average Bonchev–Trinajstić information content (AvgIpc) is 3.44. The average molecular weight is 343 g/mol. The predicted octanol–water partition coefficient (Wildman–Crippen LogP) is 4.50. The zero-order valence-corrected chi connectivity index (χ0v) is 16.3. The van der Waals surface area contributed by atoms with Crippen molar-refractivity contribution in [3.8, 4) is 0 Å². The van der Waals surface area contributed by atoms with Crippen molar-refractivity contribution in [3.63, 3.8) is 0 Å². The van der Waals surface area contributed by atoms with E-state index >= 15 is 0 Å². The minimum Gasteiger partial charge on any atom is -0.378 e. The number of unbranched alkanes of at least 4 members (excludes halogenated alkanes) is 5. The second kappa shape index (κ2) is 9.51. The van der Waals surface area contributed by atoms with Crippen LogP contribution in [-0.4, -0.2) is 49.8 Å². The van der Waals surface area contributed by atoms with Crippen LogP contribution in [0.4, 0.5) is 0 Å². The molecule has 0 saturated carbocycles. The van der Waals surface area contributed by atoms with Crippen molar-refractivity contribution < 1.29 is 18.9 Å². The van der Waals surface area contributed by atoms with Crippen LogP contribution < -0.4 is 0 Å². The minimum atomic E-state index is 0.0413. The molecular weight excluding hydrogens is 304 g/mol. The quantitative estimate of drug-likeness (QED) is 0.325. The molecular formula is C20H38O4. The Labute approximate surface area is 148 Å². The van der Waals surface area contributed by atoms with Crippen LogP contribution >= 0.6 is 0 Å². The van der Waals surface area contributed by atoms with Gasteiger partial charge in [0, 0.05) is 13.2 Å². The van der Waals surface area contributed by atoms with Crippen molar-refractivity contribution in [2.24, 2.45) is 0 Å². The molecule has 4 nitrogen and oxygen atoms in total. The summed E-state index contributed by atoms with van der Waals surface area (Å²) in [5.41, 5.74) is 0.0826. The van der Waals surface area contributed by atoms with Crippen molar-refractivity contribution in [1.82, 2.24) is 0 Å². The van der Waals surface area contributed by atoms with Gasteiger partial charge >= 0.3 is 0 Å². The fourth-order valence-electron chi connectivity index (χ4n) is 3.49. The van der Waals surface area contributed by atoms with Gasteiger partial charge in [0.05, 0.1) is 25.4 Å². The van der Waals surface area contributed by atoms with Crippen LogP contribution in [-0.2, 0) is 18.9 Å². The Morgan fingerprint density at radius 1 is 0.667 bits per heavy atom. The maximum atomic E-state index is 5.78. The molecule has 0 amide bonds. The van der Waals surface area contributed by atoms with Crippen LogP contribution in [0, 0.1) is 0 Å². The molecule has 0 N–H and O–H groups in total. The highest BCUT2D eigenvalue weighted by molar-refractivity contribution is 4.99. The Morgan fingerprint density at radius 3 is 1.29 bits per heavy atom. The van der Waals surface area contributed by atoms with Gasteiger partial charge in [-0.15, -0.1) is 0 Å². The van der Waals surface area contributed by atoms with Crippen LogP contribution in [0.3, 0.4) is 0 Å². The van der Waals surface area contributed by atoms with E-state index in [2.05, 4.69) is 27.7 Å². The maximum Gasteiger partial charge on any atom is 0.117 e. The van der Waals surface area contributed by atoms with E-state index in [1.807, 2.05) is 0 Å². The first-order chi connectivity index (χ1) is 11.6. The predicted molar refractivity (Wildman–Crippen MR) is 96.5 cm³/mol. The lowest BCUT2D eigenvalue weighted by Crippen LogP contribution is -2.21. The fraction of sp³-hybridized carbons (Fsp3) is 1.00. The van der Waals surface area contributed by atoms with Gasteiger partial charge in [0.15, 0.2) is 0 Å². The first kappa shape index (κ1) is 20.2. The first-order valence-corrected chi connectivity index (χ1v) is 10.1. The summed E-state index contributed by atoms with van der Waals surface area (Å²) < 4.78 is 22.8. The standard InChI is InChI=1S/C20H38O4/c1-5-19(17(3)23-19)15-21-13-11-9-7-8-10-12-14-22-16-20(6-2)18(4)24-20/h17-18H,5-16H2,1-4H3. The lowest BCUT2D eigenvalue weighted by molar-refractivity contribution is 0.0727. The van der Waals surface area contributed by atoms with Gasteiger partial charge in [-0.1, -0.05) is 39.5 Å². The normalized spacial score (nSPS) is 34.5. The highest BCUT2D eigenvalue weighted by atomic mass is 16.6. The summed E-state index contributed by atoms with van der Waals surface area (Å²) in [6.07, 6.45) is 10.3. The van der Waals surface area contributed by atoms with E-state index in [1.165, 1.54) is 38.5 Å². The molecule has 2 fully saturated rings. The van der Waals surface area contributed by atoms with Crippen molar-refractivity contribution in [3.05, 3.63) is 0 Å². The van der Waals surface area contributed by atoms with E-state index in [1.54, 1.807) is 0 Å². The monoisotopic (exact) mass is 342 g/mol. The van der Waals surface area contributed by atoms with Crippen molar-refractivity contribution >= 4 is 0 Å². The van der Waals surface area contributed by atoms with Gasteiger partial charge in [0.1, 0.15) is 11.2 Å². The molecule has 2 aliphatic heterocycles. The molecule has 2 heterocycles. The van der Waals surface area contributed by atoms with Gasteiger partial charge in [-0.25, -0.2) is 0 Å². The van der Waals surface area contributed by atoms with Crippen LogP contribution in [0.25, 0.3) is 0 Å². The number of hydrogen-bond donors (Lipinski definition) is 0. The van der Waals surface area contributed by atoms with Crippen molar-refractivity contribution in [2.75, 3.05) is 26.4 Å². The van der Waals surface area contributed by atoms with Crippen molar-refractivity contribution in [1.29, 1.82) is 0 Å². The zero-order valence-electron chi connectivity index (χ0n) is 16.3. The molecule has 2 aliphatic rings. The molecule has 0 bridgehead atoms. The van der Waals surface area contributed by atoms with Gasteiger partial charge in [0.25, 0.3) is 0 Å². The second-order valence-electron chi connectivity index (χ2n) is 7.58.